The van der Waals surface area contributed by atoms with Crippen molar-refractivity contribution in [2.24, 2.45) is 5.92 Å². The lowest BCUT2D eigenvalue weighted by Crippen LogP contribution is -2.37. The van der Waals surface area contributed by atoms with Gasteiger partial charge in [-0.15, -0.1) is 0 Å². The average Bonchev–Trinajstić information content (AvgIpc) is 3.97. The van der Waals surface area contributed by atoms with Gasteiger partial charge in [0.05, 0.1) is 12.8 Å². The molecule has 282 valence electrons. The molecular formula is C43H54F2N6O2. The van der Waals surface area contributed by atoms with E-state index in [4.69, 9.17) is 4.74 Å². The van der Waals surface area contributed by atoms with E-state index in [0.717, 1.165) is 42.5 Å². The molecule has 0 radical (unpaired) electrons. The Balaban J connectivity index is 0.000000274. The number of hydrogen-bond acceptors (Lipinski definition) is 6. The third-order valence-corrected chi connectivity index (χ3v) is 8.34. The highest BCUT2D eigenvalue weighted by molar-refractivity contribution is 5.68. The molecule has 6 rings (SSSR count). The Morgan fingerprint density at radius 2 is 1.89 bits per heavy atom. The second-order valence-corrected chi connectivity index (χ2v) is 12.2. The molecule has 3 atom stereocenters. The molecule has 3 aliphatic carbocycles. The molecule has 0 saturated carbocycles. The Kier molecular flexibility index (Phi) is 20.7. The van der Waals surface area contributed by atoms with E-state index in [2.05, 4.69) is 80.6 Å². The summed E-state index contributed by atoms with van der Waals surface area (Å²) >= 11 is 0. The maximum atomic E-state index is 13.6. The monoisotopic (exact) mass is 724 g/mol. The summed E-state index contributed by atoms with van der Waals surface area (Å²) < 4.78 is 31.5. The summed E-state index contributed by atoms with van der Waals surface area (Å²) in [6.07, 6.45) is 34.0. The van der Waals surface area contributed by atoms with Crippen LogP contribution in [0, 0.1) is 11.7 Å². The van der Waals surface area contributed by atoms with E-state index < -0.39 is 12.6 Å². The molecule has 1 aromatic carbocycles. The Hall–Kier alpha value is -5.00. The van der Waals surface area contributed by atoms with Crippen molar-refractivity contribution in [2.75, 3.05) is 26.7 Å². The van der Waals surface area contributed by atoms with Gasteiger partial charge in [0, 0.05) is 43.0 Å². The van der Waals surface area contributed by atoms with Crippen LogP contribution in [0.5, 0.6) is 0 Å². The predicted octanol–water partition coefficient (Wildman–Crippen LogP) is 8.42. The first-order valence-corrected chi connectivity index (χ1v) is 18.0. The molecular weight excluding hydrogens is 671 g/mol. The number of aliphatic hydroxyl groups is 1. The number of aromatic nitrogens is 4. The van der Waals surface area contributed by atoms with Crippen LogP contribution in [-0.4, -0.2) is 64.8 Å². The number of H-pyrrole nitrogens is 2. The molecule has 0 bridgehead atoms. The van der Waals surface area contributed by atoms with E-state index in [9.17, 15) is 13.9 Å². The van der Waals surface area contributed by atoms with Crippen LogP contribution < -0.4 is 10.6 Å². The molecule has 0 saturated heterocycles. The van der Waals surface area contributed by atoms with Crippen LogP contribution >= 0.6 is 0 Å². The molecule has 3 aromatic rings. The Labute approximate surface area is 313 Å². The van der Waals surface area contributed by atoms with Gasteiger partial charge in [-0.25, -0.2) is 8.78 Å². The third-order valence-electron chi connectivity index (χ3n) is 8.34. The molecule has 5 N–H and O–H groups in total. The van der Waals surface area contributed by atoms with Gasteiger partial charge in [-0.3, -0.25) is 15.5 Å². The highest BCUT2D eigenvalue weighted by Crippen LogP contribution is 2.34. The number of allylic oxidation sites excluding steroid dienone is 12. The standard InChI is InChI=1S/C25H30FN3O2.C9H12FN.C6H8.C3H4N2/c1-3-5-18(4-2)17-31-25(30)27-16-24(21-10-12-23(26)13-11-21)20-8-6-19(7-9-20)22-14-28-29-15-22;1-11-7-6-8-2-4-9(10)5-3-8;1-2-4-6-5-3-1;1-2-4-5-3-1/h3-6,8,10-12,14-15,23-25,27,30H,1-2,7,9,13,16-17H2,(H,28,29);2-5,11H,6-7H2,1H3;1-4H,5-6H2;1-3H,(H,4,5)/b18-5+;;;. The van der Waals surface area contributed by atoms with Crippen LogP contribution in [0.4, 0.5) is 8.78 Å². The van der Waals surface area contributed by atoms with Gasteiger partial charge in [0.25, 0.3) is 0 Å². The lowest BCUT2D eigenvalue weighted by Gasteiger charge is -2.27. The average molecular weight is 725 g/mol. The number of alkyl halides is 1. The number of ether oxygens (including phenoxy) is 1. The minimum absolute atomic E-state index is 0.0201. The maximum absolute atomic E-state index is 13.6. The Morgan fingerprint density at radius 3 is 2.40 bits per heavy atom. The lowest BCUT2D eigenvalue weighted by molar-refractivity contribution is -0.112. The summed E-state index contributed by atoms with van der Waals surface area (Å²) in [5.74, 6) is -0.148. The number of hydrogen-bond donors (Lipinski definition) is 5. The van der Waals surface area contributed by atoms with Gasteiger partial charge in [0.15, 0.2) is 0 Å². The van der Waals surface area contributed by atoms with Crippen molar-refractivity contribution >= 4 is 5.57 Å². The van der Waals surface area contributed by atoms with Crippen molar-refractivity contribution in [3.63, 3.8) is 0 Å². The normalized spacial score (nSPS) is 17.2. The minimum Gasteiger partial charge on any atom is -0.356 e. The molecule has 0 fully saturated rings. The fraction of sp³-hybridized carbons (Fsp3) is 0.302. The van der Waals surface area contributed by atoms with Crippen molar-refractivity contribution in [1.82, 2.24) is 31.0 Å². The van der Waals surface area contributed by atoms with Crippen LogP contribution in [0.3, 0.4) is 0 Å². The van der Waals surface area contributed by atoms with Gasteiger partial charge < -0.3 is 15.2 Å². The first-order valence-electron chi connectivity index (χ1n) is 18.0. The van der Waals surface area contributed by atoms with Crippen LogP contribution in [-0.2, 0) is 11.2 Å². The van der Waals surface area contributed by atoms with E-state index in [1.807, 2.05) is 49.8 Å². The zero-order valence-electron chi connectivity index (χ0n) is 30.6. The van der Waals surface area contributed by atoms with E-state index in [-0.39, 0.29) is 18.3 Å². The highest BCUT2D eigenvalue weighted by Gasteiger charge is 2.23. The summed E-state index contributed by atoms with van der Waals surface area (Å²) in [5.41, 5.74) is 6.61. The summed E-state index contributed by atoms with van der Waals surface area (Å²) in [6.45, 7) is 9.01. The van der Waals surface area contributed by atoms with Crippen molar-refractivity contribution in [1.29, 1.82) is 0 Å². The number of rotatable bonds is 14. The third kappa shape index (κ3) is 17.4. The number of halogens is 2. The van der Waals surface area contributed by atoms with Gasteiger partial charge >= 0.3 is 0 Å². The summed E-state index contributed by atoms with van der Waals surface area (Å²) in [4.78, 5) is 0. The van der Waals surface area contributed by atoms with Gasteiger partial charge in [0.2, 0.25) is 6.41 Å². The van der Waals surface area contributed by atoms with Gasteiger partial charge in [-0.05, 0) is 86.2 Å². The quantitative estimate of drug-likeness (QED) is 0.0844. The molecule has 53 heavy (non-hydrogen) atoms. The maximum Gasteiger partial charge on any atom is 0.213 e. The largest absolute Gasteiger partial charge is 0.356 e. The number of nitrogens with one attached hydrogen (secondary N) is 4. The fourth-order valence-corrected chi connectivity index (χ4v) is 5.40. The molecule has 8 nitrogen and oxygen atoms in total. The van der Waals surface area contributed by atoms with E-state index in [1.54, 1.807) is 36.7 Å². The lowest BCUT2D eigenvalue weighted by atomic mass is 9.82. The zero-order chi connectivity index (χ0) is 37.9. The molecule has 0 spiro atoms. The molecule has 2 aromatic heterocycles. The van der Waals surface area contributed by atoms with Gasteiger partial charge in [-0.2, -0.15) is 10.2 Å². The van der Waals surface area contributed by atoms with Crippen molar-refractivity contribution < 1.29 is 18.6 Å². The zero-order valence-corrected chi connectivity index (χ0v) is 30.6. The molecule has 0 amide bonds. The van der Waals surface area contributed by atoms with Crippen LogP contribution in [0.25, 0.3) is 5.57 Å². The van der Waals surface area contributed by atoms with Crippen molar-refractivity contribution in [3.8, 4) is 0 Å². The van der Waals surface area contributed by atoms with E-state index in [0.29, 0.717) is 13.0 Å². The number of aliphatic hydroxyl groups excluding tert-OH is 1. The number of nitrogens with zero attached hydrogens (tertiary/aromatic N) is 2. The predicted molar refractivity (Wildman–Crippen MR) is 213 cm³/mol. The second-order valence-electron chi connectivity index (χ2n) is 12.2. The molecule has 10 heteroatoms. The summed E-state index contributed by atoms with van der Waals surface area (Å²) in [6, 6.07) is 8.44. The molecule has 0 aliphatic heterocycles. The van der Waals surface area contributed by atoms with Crippen molar-refractivity contribution in [3.05, 3.63) is 175 Å². The molecule has 2 heterocycles. The highest BCUT2D eigenvalue weighted by atomic mass is 19.1. The SMILES string of the molecule is C1=CCCC=C1.C=C/C=C(\C=C)COC(O)NCC(C1=CCC(F)C=C1)C1=CC=C(c2cn[nH]c2)CC1.CNCCc1ccc(F)cc1.c1cn[nH]c1. The second kappa shape index (κ2) is 25.9. The summed E-state index contributed by atoms with van der Waals surface area (Å²) in [7, 11) is 1.91. The summed E-state index contributed by atoms with van der Waals surface area (Å²) in [5, 5.41) is 29.4. The first kappa shape index (κ1) is 42.4. The van der Waals surface area contributed by atoms with E-state index >= 15 is 0 Å². The number of aromatic amines is 2. The fourth-order valence-electron chi connectivity index (χ4n) is 5.40. The topological polar surface area (TPSA) is 111 Å². The van der Waals surface area contributed by atoms with Crippen LogP contribution in [0.2, 0.25) is 0 Å². The van der Waals surface area contributed by atoms with Gasteiger partial charge in [0.1, 0.15) is 12.0 Å². The smallest absolute Gasteiger partial charge is 0.213 e. The van der Waals surface area contributed by atoms with Crippen LogP contribution in [0.15, 0.2) is 158 Å². The number of likely N-dealkylation sites (N-methyl/N-ethyl adjacent to an activating group) is 1. The minimum atomic E-state index is -1.13. The molecule has 3 aliphatic rings. The van der Waals surface area contributed by atoms with Gasteiger partial charge in [-0.1, -0.05) is 104 Å². The molecule has 3 unspecified atom stereocenters. The number of benzene rings is 1. The Bertz CT molecular complexity index is 1640. The Morgan fingerprint density at radius 1 is 1.09 bits per heavy atom. The first-order chi connectivity index (χ1) is 25.9. The van der Waals surface area contributed by atoms with Crippen LogP contribution in [0.1, 0.15) is 43.2 Å². The van der Waals surface area contributed by atoms with E-state index in [1.165, 1.54) is 41.7 Å². The van der Waals surface area contributed by atoms with Crippen molar-refractivity contribution in [2.45, 2.75) is 51.1 Å².